The van der Waals surface area contributed by atoms with E-state index in [1.807, 2.05) is 25.7 Å². The number of esters is 1. The molecule has 0 N–H and O–H groups in total. The molecule has 1 saturated heterocycles. The molecular formula is C30H58N2O4. The molecular weight excluding hydrogens is 452 g/mol. The fourth-order valence-electron chi connectivity index (χ4n) is 4.96. The molecule has 0 spiro atoms. The highest BCUT2D eigenvalue weighted by molar-refractivity contribution is 5.69. The normalized spacial score (nSPS) is 14.9. The van der Waals surface area contributed by atoms with Crippen molar-refractivity contribution in [2.45, 2.75) is 136 Å². The maximum atomic E-state index is 12.3. The minimum Gasteiger partial charge on any atom is -0.469 e. The van der Waals surface area contributed by atoms with Gasteiger partial charge in [-0.15, -0.1) is 0 Å². The summed E-state index contributed by atoms with van der Waals surface area (Å²) in [5.74, 6) is 0.617. The van der Waals surface area contributed by atoms with Gasteiger partial charge in [-0.3, -0.25) is 4.79 Å². The highest BCUT2D eigenvalue weighted by Gasteiger charge is 2.27. The Bertz CT molecular complexity index is 568. The number of amides is 1. The molecule has 212 valence electrons. The van der Waals surface area contributed by atoms with Crippen LogP contribution >= 0.6 is 0 Å². The van der Waals surface area contributed by atoms with E-state index in [2.05, 4.69) is 11.8 Å². The van der Waals surface area contributed by atoms with Crippen molar-refractivity contribution in [3.8, 4) is 0 Å². The zero-order valence-corrected chi connectivity index (χ0v) is 24.5. The molecule has 0 atom stereocenters. The van der Waals surface area contributed by atoms with Crippen LogP contribution in [0.15, 0.2) is 0 Å². The Morgan fingerprint density at radius 1 is 0.806 bits per heavy atom. The maximum Gasteiger partial charge on any atom is 0.410 e. The van der Waals surface area contributed by atoms with E-state index in [0.29, 0.717) is 12.3 Å². The lowest BCUT2D eigenvalue weighted by Gasteiger charge is -2.34. The number of rotatable bonds is 19. The molecule has 1 rings (SSSR count). The van der Waals surface area contributed by atoms with Crippen molar-refractivity contribution in [1.82, 2.24) is 9.80 Å². The SMILES string of the molecule is CCCCCCCCCN(CCCCCCCC(=O)OC)CCC1CCN(C(=O)OC(C)(C)C)CC1. The first-order valence-electron chi connectivity index (χ1n) is 15.0. The van der Waals surface area contributed by atoms with Gasteiger partial charge in [-0.1, -0.05) is 64.7 Å². The fourth-order valence-corrected chi connectivity index (χ4v) is 4.96. The molecule has 1 aliphatic heterocycles. The van der Waals surface area contributed by atoms with Gasteiger partial charge in [0.15, 0.2) is 0 Å². The third-order valence-corrected chi connectivity index (χ3v) is 7.28. The number of hydrogen-bond acceptors (Lipinski definition) is 5. The largest absolute Gasteiger partial charge is 0.469 e. The van der Waals surface area contributed by atoms with E-state index < -0.39 is 5.60 Å². The minimum atomic E-state index is -0.425. The number of likely N-dealkylation sites (tertiary alicyclic amines) is 1. The van der Waals surface area contributed by atoms with E-state index in [0.717, 1.165) is 38.8 Å². The third kappa shape index (κ3) is 17.2. The Labute approximate surface area is 222 Å². The number of ether oxygens (including phenoxy) is 2. The van der Waals surface area contributed by atoms with E-state index in [4.69, 9.17) is 9.47 Å². The second kappa shape index (κ2) is 19.8. The summed E-state index contributed by atoms with van der Waals surface area (Å²) in [6.07, 6.45) is 19.0. The van der Waals surface area contributed by atoms with Gasteiger partial charge < -0.3 is 19.3 Å². The lowest BCUT2D eigenvalue weighted by atomic mass is 9.93. The highest BCUT2D eigenvalue weighted by Crippen LogP contribution is 2.23. The molecule has 0 aromatic heterocycles. The highest BCUT2D eigenvalue weighted by atomic mass is 16.6. The molecule has 1 heterocycles. The predicted molar refractivity (Wildman–Crippen MR) is 149 cm³/mol. The number of hydrogen-bond donors (Lipinski definition) is 0. The van der Waals surface area contributed by atoms with Crippen LogP contribution in [0.2, 0.25) is 0 Å². The second-order valence-electron chi connectivity index (χ2n) is 11.8. The van der Waals surface area contributed by atoms with Crippen molar-refractivity contribution in [3.63, 3.8) is 0 Å². The van der Waals surface area contributed by atoms with E-state index in [9.17, 15) is 9.59 Å². The summed E-state index contributed by atoms with van der Waals surface area (Å²) in [7, 11) is 1.46. The Morgan fingerprint density at radius 2 is 1.33 bits per heavy atom. The Hall–Kier alpha value is -1.30. The smallest absolute Gasteiger partial charge is 0.410 e. The summed E-state index contributed by atoms with van der Waals surface area (Å²) < 4.78 is 10.3. The zero-order valence-electron chi connectivity index (χ0n) is 24.5. The molecule has 1 amide bonds. The van der Waals surface area contributed by atoms with E-state index in [1.165, 1.54) is 97.4 Å². The predicted octanol–water partition coefficient (Wildman–Crippen LogP) is 7.59. The molecule has 1 fully saturated rings. The molecule has 0 bridgehead atoms. The molecule has 0 unspecified atom stereocenters. The van der Waals surface area contributed by atoms with Gasteiger partial charge in [0.25, 0.3) is 0 Å². The van der Waals surface area contributed by atoms with Gasteiger partial charge in [0.2, 0.25) is 0 Å². The quantitative estimate of drug-likeness (QED) is 0.132. The lowest BCUT2D eigenvalue weighted by Crippen LogP contribution is -2.42. The topological polar surface area (TPSA) is 59.1 Å². The summed E-state index contributed by atoms with van der Waals surface area (Å²) in [4.78, 5) is 28.2. The molecule has 0 aliphatic carbocycles. The molecule has 6 heteroatoms. The van der Waals surface area contributed by atoms with Crippen molar-refractivity contribution in [2.24, 2.45) is 5.92 Å². The summed E-state index contributed by atoms with van der Waals surface area (Å²) in [6, 6.07) is 0. The van der Waals surface area contributed by atoms with Gasteiger partial charge in [0.05, 0.1) is 7.11 Å². The third-order valence-electron chi connectivity index (χ3n) is 7.28. The molecule has 0 aromatic carbocycles. The van der Waals surface area contributed by atoms with Crippen LogP contribution in [0.5, 0.6) is 0 Å². The van der Waals surface area contributed by atoms with Crippen LogP contribution in [0, 0.1) is 5.92 Å². The van der Waals surface area contributed by atoms with E-state index in [-0.39, 0.29) is 12.1 Å². The molecule has 6 nitrogen and oxygen atoms in total. The van der Waals surface area contributed by atoms with Crippen LogP contribution in [0.1, 0.15) is 130 Å². The van der Waals surface area contributed by atoms with Crippen molar-refractivity contribution in [1.29, 1.82) is 0 Å². The number of methoxy groups -OCH3 is 1. The van der Waals surface area contributed by atoms with Crippen LogP contribution in [-0.2, 0) is 14.3 Å². The lowest BCUT2D eigenvalue weighted by molar-refractivity contribution is -0.140. The molecule has 0 aromatic rings. The Kier molecular flexibility index (Phi) is 18.0. The van der Waals surface area contributed by atoms with Crippen LogP contribution in [-0.4, -0.2) is 67.3 Å². The summed E-state index contributed by atoms with van der Waals surface area (Å²) in [6.45, 7) is 13.3. The van der Waals surface area contributed by atoms with Crippen LogP contribution < -0.4 is 0 Å². The average molecular weight is 511 g/mol. The number of carbonyl (C=O) groups excluding carboxylic acids is 2. The first-order valence-corrected chi connectivity index (χ1v) is 15.0. The van der Waals surface area contributed by atoms with Gasteiger partial charge in [-0.05, 0) is 84.8 Å². The fraction of sp³-hybridized carbons (Fsp3) is 0.933. The molecule has 0 radical (unpaired) electrons. The first-order chi connectivity index (χ1) is 17.2. The van der Waals surface area contributed by atoms with Gasteiger partial charge in [-0.2, -0.15) is 0 Å². The van der Waals surface area contributed by atoms with Crippen LogP contribution in [0.3, 0.4) is 0 Å². The summed E-state index contributed by atoms with van der Waals surface area (Å²) in [5, 5.41) is 0. The number of nitrogens with zero attached hydrogens (tertiary/aromatic N) is 2. The van der Waals surface area contributed by atoms with Crippen LogP contribution in [0.25, 0.3) is 0 Å². The maximum absolute atomic E-state index is 12.3. The van der Waals surface area contributed by atoms with Crippen molar-refractivity contribution >= 4 is 12.1 Å². The average Bonchev–Trinajstić information content (AvgIpc) is 2.84. The number of carbonyl (C=O) groups is 2. The van der Waals surface area contributed by atoms with E-state index >= 15 is 0 Å². The molecule has 0 saturated carbocycles. The van der Waals surface area contributed by atoms with Crippen molar-refractivity contribution in [2.75, 3.05) is 39.8 Å². The number of piperidine rings is 1. The molecule has 1 aliphatic rings. The monoisotopic (exact) mass is 510 g/mol. The zero-order chi connectivity index (χ0) is 26.7. The first kappa shape index (κ1) is 32.7. The number of unbranched alkanes of at least 4 members (excludes halogenated alkanes) is 10. The van der Waals surface area contributed by atoms with Gasteiger partial charge in [0, 0.05) is 19.5 Å². The minimum absolute atomic E-state index is 0.0900. The second-order valence-corrected chi connectivity index (χ2v) is 11.8. The van der Waals surface area contributed by atoms with E-state index in [1.54, 1.807) is 0 Å². The summed E-state index contributed by atoms with van der Waals surface area (Å²) in [5.41, 5.74) is -0.425. The Morgan fingerprint density at radius 3 is 1.86 bits per heavy atom. The standard InChI is InChI=1S/C30H58N2O4/c1-6-7-8-9-10-13-16-22-31(23-17-14-11-12-15-18-28(33)35-5)24-19-27-20-25-32(26-21-27)29(34)36-30(2,3)4/h27H,6-26H2,1-5H3. The van der Waals surface area contributed by atoms with Gasteiger partial charge in [-0.25, -0.2) is 4.79 Å². The van der Waals surface area contributed by atoms with Gasteiger partial charge in [0.1, 0.15) is 5.60 Å². The summed E-state index contributed by atoms with van der Waals surface area (Å²) >= 11 is 0. The molecule has 36 heavy (non-hydrogen) atoms. The Balaban J connectivity index is 2.32. The van der Waals surface area contributed by atoms with Gasteiger partial charge >= 0.3 is 12.1 Å². The van der Waals surface area contributed by atoms with Crippen molar-refractivity contribution < 1.29 is 19.1 Å². The van der Waals surface area contributed by atoms with Crippen LogP contribution in [0.4, 0.5) is 4.79 Å². The van der Waals surface area contributed by atoms with Crippen molar-refractivity contribution in [3.05, 3.63) is 0 Å².